The first-order valence-corrected chi connectivity index (χ1v) is 8.63. The van der Waals surface area contributed by atoms with Crippen molar-refractivity contribution in [2.24, 2.45) is 0 Å². The summed E-state index contributed by atoms with van der Waals surface area (Å²) in [7, 11) is 0. The van der Waals surface area contributed by atoms with Crippen molar-refractivity contribution in [2.75, 3.05) is 10.6 Å². The van der Waals surface area contributed by atoms with Crippen LogP contribution in [-0.2, 0) is 6.54 Å². The van der Waals surface area contributed by atoms with Crippen LogP contribution in [-0.4, -0.2) is 11.0 Å². The normalized spacial score (nSPS) is 10.2. The third kappa shape index (κ3) is 4.84. The average molecular weight is 386 g/mol. The van der Waals surface area contributed by atoms with E-state index in [0.29, 0.717) is 33.7 Å². The van der Waals surface area contributed by atoms with Gasteiger partial charge in [0, 0.05) is 10.7 Å². The van der Waals surface area contributed by atoms with Gasteiger partial charge in [-0.25, -0.2) is 0 Å². The van der Waals surface area contributed by atoms with Crippen LogP contribution in [0.15, 0.2) is 71.3 Å². The highest BCUT2D eigenvalue weighted by molar-refractivity contribution is 7.80. The molecule has 26 heavy (non-hydrogen) atoms. The molecular formula is C19H16ClN3O2S. The van der Waals surface area contributed by atoms with Gasteiger partial charge in [-0.15, -0.1) is 0 Å². The monoisotopic (exact) mass is 385 g/mol. The zero-order chi connectivity index (χ0) is 18.4. The van der Waals surface area contributed by atoms with E-state index in [9.17, 15) is 4.79 Å². The van der Waals surface area contributed by atoms with Gasteiger partial charge in [0.05, 0.1) is 24.1 Å². The Morgan fingerprint density at radius 3 is 2.50 bits per heavy atom. The molecule has 0 fully saturated rings. The fourth-order valence-electron chi connectivity index (χ4n) is 2.28. The lowest BCUT2D eigenvalue weighted by Crippen LogP contribution is -2.26. The zero-order valence-corrected chi connectivity index (χ0v) is 15.2. The van der Waals surface area contributed by atoms with Crippen molar-refractivity contribution >= 4 is 46.2 Å². The van der Waals surface area contributed by atoms with Crippen LogP contribution in [0.4, 0.5) is 11.4 Å². The number of hydrogen-bond acceptors (Lipinski definition) is 3. The molecule has 0 aliphatic carbocycles. The van der Waals surface area contributed by atoms with Gasteiger partial charge in [-0.3, -0.25) is 4.79 Å². The molecule has 0 bridgehead atoms. The zero-order valence-electron chi connectivity index (χ0n) is 13.7. The van der Waals surface area contributed by atoms with Crippen LogP contribution in [0.1, 0.15) is 16.1 Å². The Morgan fingerprint density at radius 1 is 1.00 bits per heavy atom. The van der Waals surface area contributed by atoms with Crippen molar-refractivity contribution in [3.8, 4) is 0 Å². The summed E-state index contributed by atoms with van der Waals surface area (Å²) in [6.45, 7) is 0.313. The van der Waals surface area contributed by atoms with Gasteiger partial charge in [-0.1, -0.05) is 23.7 Å². The van der Waals surface area contributed by atoms with E-state index >= 15 is 0 Å². The highest BCUT2D eigenvalue weighted by Gasteiger charge is 2.12. The van der Waals surface area contributed by atoms with Crippen LogP contribution < -0.4 is 16.0 Å². The van der Waals surface area contributed by atoms with Gasteiger partial charge in [0.25, 0.3) is 5.91 Å². The Labute approximate surface area is 161 Å². The Morgan fingerprint density at radius 2 is 1.77 bits per heavy atom. The fourth-order valence-corrected chi connectivity index (χ4v) is 2.64. The van der Waals surface area contributed by atoms with Gasteiger partial charge in [-0.2, -0.15) is 0 Å². The maximum Gasteiger partial charge on any atom is 0.253 e. The third-order valence-corrected chi connectivity index (χ3v) is 3.98. The molecule has 0 aliphatic rings. The second-order valence-electron chi connectivity index (χ2n) is 5.39. The first-order valence-electron chi connectivity index (χ1n) is 7.85. The van der Waals surface area contributed by atoms with Crippen LogP contribution in [0.5, 0.6) is 0 Å². The quantitative estimate of drug-likeness (QED) is 0.557. The molecule has 3 aromatic rings. The lowest BCUT2D eigenvalue weighted by atomic mass is 10.1. The minimum atomic E-state index is -0.223. The number of benzene rings is 2. The summed E-state index contributed by atoms with van der Waals surface area (Å²) in [5.41, 5.74) is 1.89. The molecule has 2 aromatic carbocycles. The molecule has 132 valence electrons. The number of carbonyl (C=O) groups excluding carboxylic acids is 1. The Kier molecular flexibility index (Phi) is 5.88. The minimum absolute atomic E-state index is 0.223. The molecule has 3 N–H and O–H groups in total. The molecule has 0 unspecified atom stereocenters. The number of thiocarbonyl (C=S) groups is 1. The predicted octanol–water partition coefficient (Wildman–Crippen LogP) is 4.67. The molecule has 0 radical (unpaired) electrons. The van der Waals surface area contributed by atoms with E-state index in [1.165, 1.54) is 0 Å². The molecule has 0 atom stereocenters. The van der Waals surface area contributed by atoms with Gasteiger partial charge in [0.15, 0.2) is 5.11 Å². The summed E-state index contributed by atoms with van der Waals surface area (Å²) in [6.07, 6.45) is 1.57. The highest BCUT2D eigenvalue weighted by atomic mass is 35.5. The fraction of sp³-hybridized carbons (Fsp3) is 0.0526. The van der Waals surface area contributed by atoms with Crippen molar-refractivity contribution in [1.82, 2.24) is 5.32 Å². The van der Waals surface area contributed by atoms with Gasteiger partial charge in [0.2, 0.25) is 0 Å². The number of para-hydroxylation sites is 1. The molecule has 1 aromatic heterocycles. The number of rotatable bonds is 5. The molecule has 0 saturated heterocycles. The molecule has 0 saturated carbocycles. The van der Waals surface area contributed by atoms with E-state index in [0.717, 1.165) is 5.69 Å². The van der Waals surface area contributed by atoms with Crippen molar-refractivity contribution in [1.29, 1.82) is 0 Å². The number of hydrogen-bond donors (Lipinski definition) is 3. The van der Waals surface area contributed by atoms with Gasteiger partial charge >= 0.3 is 0 Å². The Bertz CT molecular complexity index is 895. The molecule has 1 amide bonds. The van der Waals surface area contributed by atoms with E-state index in [2.05, 4.69) is 16.0 Å². The lowest BCUT2D eigenvalue weighted by molar-refractivity contribution is 0.0949. The first-order chi connectivity index (χ1) is 12.6. The van der Waals surface area contributed by atoms with E-state index in [1.54, 1.807) is 48.7 Å². The molecule has 7 heteroatoms. The van der Waals surface area contributed by atoms with Crippen LogP contribution in [0.2, 0.25) is 5.02 Å². The van der Waals surface area contributed by atoms with Crippen molar-refractivity contribution in [3.05, 3.63) is 83.3 Å². The third-order valence-electron chi connectivity index (χ3n) is 3.53. The number of carbonyl (C=O) groups is 1. The maximum atomic E-state index is 12.5. The molecule has 0 aliphatic heterocycles. The van der Waals surface area contributed by atoms with Crippen LogP contribution in [0.3, 0.4) is 0 Å². The molecule has 1 heterocycles. The van der Waals surface area contributed by atoms with Crippen LogP contribution in [0, 0.1) is 0 Å². The highest BCUT2D eigenvalue weighted by Crippen LogP contribution is 2.17. The summed E-state index contributed by atoms with van der Waals surface area (Å²) < 4.78 is 5.22. The molecule has 5 nitrogen and oxygen atoms in total. The largest absolute Gasteiger partial charge is 0.467 e. The molecule has 0 spiro atoms. The number of nitrogens with one attached hydrogen (secondary N) is 3. The second-order valence-corrected chi connectivity index (χ2v) is 6.24. The number of amides is 1. The summed E-state index contributed by atoms with van der Waals surface area (Å²) in [5.74, 6) is 0.461. The van der Waals surface area contributed by atoms with E-state index in [4.69, 9.17) is 28.2 Å². The first kappa shape index (κ1) is 18.0. The SMILES string of the molecule is O=C(NCc1ccco1)c1ccccc1NC(=S)Nc1ccc(Cl)cc1. The van der Waals surface area contributed by atoms with E-state index < -0.39 is 0 Å². The molecule has 3 rings (SSSR count). The average Bonchev–Trinajstić information content (AvgIpc) is 3.16. The summed E-state index contributed by atoms with van der Waals surface area (Å²) in [6, 6.07) is 17.9. The van der Waals surface area contributed by atoms with Crippen LogP contribution >= 0.6 is 23.8 Å². The molecular weight excluding hydrogens is 370 g/mol. The lowest BCUT2D eigenvalue weighted by Gasteiger charge is -2.14. The second kappa shape index (κ2) is 8.51. The standard InChI is InChI=1S/C19H16ClN3O2S/c20-13-7-9-14(10-8-13)22-19(26)23-17-6-2-1-5-16(17)18(24)21-12-15-4-3-11-25-15/h1-11H,12H2,(H,21,24)(H2,22,23,26). The number of anilines is 2. The Hall–Kier alpha value is -2.83. The minimum Gasteiger partial charge on any atom is -0.467 e. The Balaban J connectivity index is 1.65. The van der Waals surface area contributed by atoms with Gasteiger partial charge in [-0.05, 0) is 60.7 Å². The number of halogens is 1. The van der Waals surface area contributed by atoms with E-state index in [-0.39, 0.29) is 5.91 Å². The summed E-state index contributed by atoms with van der Waals surface area (Å²) >= 11 is 11.2. The van der Waals surface area contributed by atoms with Crippen molar-refractivity contribution < 1.29 is 9.21 Å². The van der Waals surface area contributed by atoms with E-state index in [1.807, 2.05) is 18.2 Å². The number of furan rings is 1. The van der Waals surface area contributed by atoms with Crippen molar-refractivity contribution in [3.63, 3.8) is 0 Å². The van der Waals surface area contributed by atoms with Crippen molar-refractivity contribution in [2.45, 2.75) is 6.54 Å². The topological polar surface area (TPSA) is 66.3 Å². The van der Waals surface area contributed by atoms with Crippen LogP contribution in [0.25, 0.3) is 0 Å². The summed E-state index contributed by atoms with van der Waals surface area (Å²) in [5, 5.41) is 9.94. The summed E-state index contributed by atoms with van der Waals surface area (Å²) in [4.78, 5) is 12.5. The predicted molar refractivity (Wildman–Crippen MR) is 108 cm³/mol. The van der Waals surface area contributed by atoms with Gasteiger partial charge < -0.3 is 20.4 Å². The van der Waals surface area contributed by atoms with Gasteiger partial charge in [0.1, 0.15) is 5.76 Å². The maximum absolute atomic E-state index is 12.5. The smallest absolute Gasteiger partial charge is 0.253 e.